The van der Waals surface area contributed by atoms with Crippen molar-refractivity contribution in [2.45, 2.75) is 28.8 Å². The van der Waals surface area contributed by atoms with Gasteiger partial charge in [-0.2, -0.15) is 0 Å². The van der Waals surface area contributed by atoms with E-state index in [1.165, 1.54) is 16.7 Å². The van der Waals surface area contributed by atoms with Gasteiger partial charge < -0.3 is 5.11 Å². The van der Waals surface area contributed by atoms with Crippen molar-refractivity contribution in [1.82, 2.24) is 14.8 Å². The van der Waals surface area contributed by atoms with E-state index in [4.69, 9.17) is 5.11 Å². The Bertz CT molecular complexity index is 651. The van der Waals surface area contributed by atoms with E-state index in [0.29, 0.717) is 11.1 Å². The summed E-state index contributed by atoms with van der Waals surface area (Å²) in [5.74, 6) is 0.544. The maximum atomic E-state index is 10.8. The van der Waals surface area contributed by atoms with Gasteiger partial charge in [0.1, 0.15) is 5.82 Å². The summed E-state index contributed by atoms with van der Waals surface area (Å²) in [5.41, 5.74) is 0.993. The fourth-order valence-corrected chi connectivity index (χ4v) is 3.17. The molecule has 2 aromatic rings. The summed E-state index contributed by atoms with van der Waals surface area (Å²) in [4.78, 5) is 12.0. The molecule has 3 rings (SSSR count). The Labute approximate surface area is 131 Å². The summed E-state index contributed by atoms with van der Waals surface area (Å²) < 4.78 is 2.00. The molecule has 7 heteroatoms. The van der Waals surface area contributed by atoms with Gasteiger partial charge in [0.15, 0.2) is 5.16 Å². The molecule has 1 fully saturated rings. The van der Waals surface area contributed by atoms with Crippen LogP contribution in [0.3, 0.4) is 0 Å². The van der Waals surface area contributed by atoms with Gasteiger partial charge >= 0.3 is 5.97 Å². The van der Waals surface area contributed by atoms with E-state index in [1.807, 2.05) is 23.0 Å². The maximum absolute atomic E-state index is 10.8. The molecule has 1 saturated carbocycles. The van der Waals surface area contributed by atoms with Crippen LogP contribution in [0.4, 0.5) is 0 Å². The lowest BCUT2D eigenvalue weighted by molar-refractivity contribution is -0.133. The third kappa shape index (κ3) is 3.24. The lowest BCUT2D eigenvalue weighted by Crippen LogP contribution is -2.04. The molecule has 0 unspecified atom stereocenters. The number of aliphatic carboxylic acids is 1. The zero-order valence-electron chi connectivity index (χ0n) is 11.5. The zero-order chi connectivity index (χ0) is 14.8. The van der Waals surface area contributed by atoms with E-state index in [-0.39, 0.29) is 5.75 Å². The summed E-state index contributed by atoms with van der Waals surface area (Å²) in [6, 6.07) is 8.18. The fourth-order valence-electron chi connectivity index (χ4n) is 2.08. The van der Waals surface area contributed by atoms with Gasteiger partial charge in [-0.1, -0.05) is 11.8 Å². The van der Waals surface area contributed by atoms with Crippen molar-refractivity contribution in [2.24, 2.45) is 0 Å². The molecule has 110 valence electrons. The molecule has 1 aromatic carbocycles. The molecule has 21 heavy (non-hydrogen) atoms. The minimum Gasteiger partial charge on any atom is -0.481 e. The Hall–Kier alpha value is -1.47. The van der Waals surface area contributed by atoms with E-state index in [9.17, 15) is 4.79 Å². The first-order valence-corrected chi connectivity index (χ1v) is 8.84. The quantitative estimate of drug-likeness (QED) is 0.825. The van der Waals surface area contributed by atoms with Crippen LogP contribution in [0.2, 0.25) is 0 Å². The minimum atomic E-state index is -0.847. The highest BCUT2D eigenvalue weighted by Gasteiger charge is 2.31. The topological polar surface area (TPSA) is 68.0 Å². The Morgan fingerprint density at radius 2 is 2.05 bits per heavy atom. The minimum absolute atomic E-state index is 0.00824. The molecular weight excluding hydrogens is 306 g/mol. The fraction of sp³-hybridized carbons (Fsp3) is 0.357. The average Bonchev–Trinajstić information content (AvgIpc) is 3.25. The lowest BCUT2D eigenvalue weighted by Gasteiger charge is -2.09. The molecule has 0 aliphatic heterocycles. The predicted molar refractivity (Wildman–Crippen MR) is 83.5 cm³/mol. The van der Waals surface area contributed by atoms with Crippen molar-refractivity contribution in [2.75, 3.05) is 12.0 Å². The van der Waals surface area contributed by atoms with Gasteiger partial charge in [-0.15, -0.1) is 22.0 Å². The molecule has 0 amide bonds. The van der Waals surface area contributed by atoms with Gasteiger partial charge in [-0.25, -0.2) is 0 Å². The second kappa shape index (κ2) is 6.11. The molecule has 1 aliphatic carbocycles. The molecule has 1 aliphatic rings. The van der Waals surface area contributed by atoms with E-state index < -0.39 is 5.97 Å². The highest BCUT2D eigenvalue weighted by Crippen LogP contribution is 2.41. The van der Waals surface area contributed by atoms with Crippen LogP contribution in [0, 0.1) is 0 Å². The number of carbonyl (C=O) groups is 1. The van der Waals surface area contributed by atoms with Crippen molar-refractivity contribution >= 4 is 29.5 Å². The highest BCUT2D eigenvalue weighted by molar-refractivity contribution is 7.99. The van der Waals surface area contributed by atoms with Crippen molar-refractivity contribution in [1.29, 1.82) is 0 Å². The third-order valence-electron chi connectivity index (χ3n) is 3.26. The summed E-state index contributed by atoms with van der Waals surface area (Å²) in [6.07, 6.45) is 4.30. The predicted octanol–water partition coefficient (Wildman–Crippen LogP) is 3.04. The van der Waals surface area contributed by atoms with E-state index >= 15 is 0 Å². The summed E-state index contributed by atoms with van der Waals surface area (Å²) >= 11 is 2.90. The van der Waals surface area contributed by atoms with Crippen LogP contribution < -0.4 is 0 Å². The SMILES string of the molecule is CSc1ccc(-n2c(SCC(=O)O)nnc2C2CC2)cc1. The average molecular weight is 321 g/mol. The van der Waals surface area contributed by atoms with Gasteiger partial charge in [0.2, 0.25) is 0 Å². The summed E-state index contributed by atoms with van der Waals surface area (Å²) in [6.45, 7) is 0. The number of rotatable bonds is 6. The number of hydrogen-bond donors (Lipinski definition) is 1. The first kappa shape index (κ1) is 14.5. The largest absolute Gasteiger partial charge is 0.481 e. The molecule has 0 bridgehead atoms. The molecular formula is C14H15N3O2S2. The van der Waals surface area contributed by atoms with Crippen LogP contribution in [0.25, 0.3) is 5.69 Å². The molecule has 1 heterocycles. The monoisotopic (exact) mass is 321 g/mol. The first-order chi connectivity index (χ1) is 10.2. The van der Waals surface area contributed by atoms with Gasteiger partial charge in [0.05, 0.1) is 5.75 Å². The number of hydrogen-bond acceptors (Lipinski definition) is 5. The van der Waals surface area contributed by atoms with Crippen molar-refractivity contribution in [3.8, 4) is 5.69 Å². The highest BCUT2D eigenvalue weighted by atomic mass is 32.2. The zero-order valence-corrected chi connectivity index (χ0v) is 13.2. The van der Waals surface area contributed by atoms with Crippen molar-refractivity contribution in [3.05, 3.63) is 30.1 Å². The van der Waals surface area contributed by atoms with Crippen LogP contribution in [0.1, 0.15) is 24.6 Å². The molecule has 0 atom stereocenters. The molecule has 5 nitrogen and oxygen atoms in total. The van der Waals surface area contributed by atoms with Crippen LogP contribution in [-0.4, -0.2) is 37.8 Å². The molecule has 1 aromatic heterocycles. The normalized spacial score (nSPS) is 14.3. The molecule has 1 N–H and O–H groups in total. The van der Waals surface area contributed by atoms with Gasteiger partial charge in [-0.3, -0.25) is 9.36 Å². The molecule has 0 saturated heterocycles. The Kier molecular flexibility index (Phi) is 4.21. The third-order valence-corrected chi connectivity index (χ3v) is 4.91. The van der Waals surface area contributed by atoms with Crippen molar-refractivity contribution < 1.29 is 9.90 Å². The standard InChI is InChI=1S/C14H15N3O2S2/c1-20-11-6-4-10(5-7-11)17-13(9-2-3-9)15-16-14(17)21-8-12(18)19/h4-7,9H,2-3,8H2,1H3,(H,18,19). The Balaban J connectivity index is 1.96. The van der Waals surface area contributed by atoms with E-state index in [0.717, 1.165) is 24.4 Å². The van der Waals surface area contributed by atoms with E-state index in [1.54, 1.807) is 11.8 Å². The van der Waals surface area contributed by atoms with Gasteiger partial charge in [-0.05, 0) is 43.4 Å². The Morgan fingerprint density at radius 1 is 1.33 bits per heavy atom. The molecule has 0 spiro atoms. The second-order valence-corrected chi connectivity index (χ2v) is 6.65. The number of carboxylic acids is 1. The molecule has 0 radical (unpaired) electrons. The summed E-state index contributed by atoms with van der Waals surface area (Å²) in [5, 5.41) is 17.9. The summed E-state index contributed by atoms with van der Waals surface area (Å²) in [7, 11) is 0. The number of nitrogens with zero attached hydrogens (tertiary/aromatic N) is 3. The number of carboxylic acid groups (broad SMARTS) is 1. The van der Waals surface area contributed by atoms with Crippen LogP contribution in [0.15, 0.2) is 34.3 Å². The van der Waals surface area contributed by atoms with Crippen LogP contribution in [-0.2, 0) is 4.79 Å². The smallest absolute Gasteiger partial charge is 0.313 e. The number of thioether (sulfide) groups is 2. The van der Waals surface area contributed by atoms with Crippen LogP contribution >= 0.6 is 23.5 Å². The van der Waals surface area contributed by atoms with E-state index in [2.05, 4.69) is 22.3 Å². The lowest BCUT2D eigenvalue weighted by atomic mass is 10.3. The van der Waals surface area contributed by atoms with Crippen molar-refractivity contribution in [3.63, 3.8) is 0 Å². The number of benzene rings is 1. The first-order valence-electron chi connectivity index (χ1n) is 6.63. The second-order valence-electron chi connectivity index (χ2n) is 4.83. The Morgan fingerprint density at radius 3 is 2.62 bits per heavy atom. The maximum Gasteiger partial charge on any atom is 0.313 e. The van der Waals surface area contributed by atoms with Gasteiger partial charge in [0, 0.05) is 16.5 Å². The van der Waals surface area contributed by atoms with Gasteiger partial charge in [0.25, 0.3) is 0 Å². The van der Waals surface area contributed by atoms with Crippen LogP contribution in [0.5, 0.6) is 0 Å². The number of aromatic nitrogens is 3.